The van der Waals surface area contributed by atoms with E-state index in [9.17, 15) is 17.6 Å². The fraction of sp³-hybridized carbons (Fsp3) is 0.300. The molecule has 0 spiro atoms. The molecular weight excluding hydrogens is 477 g/mol. The number of carbonyl (C=O) groups is 1. The number of anilines is 1. The summed E-state index contributed by atoms with van der Waals surface area (Å²) in [6.45, 7) is 1.96. The van der Waals surface area contributed by atoms with E-state index in [4.69, 9.17) is 11.6 Å². The van der Waals surface area contributed by atoms with Crippen molar-refractivity contribution in [2.75, 3.05) is 12.4 Å². The van der Waals surface area contributed by atoms with Gasteiger partial charge < -0.3 is 5.32 Å². The number of aromatic nitrogens is 2. The first kappa shape index (κ1) is 22.9. The van der Waals surface area contributed by atoms with E-state index < -0.39 is 34.0 Å². The maximum atomic E-state index is 13.4. The van der Waals surface area contributed by atoms with Gasteiger partial charge in [0.05, 0.1) is 17.3 Å². The van der Waals surface area contributed by atoms with Crippen molar-refractivity contribution in [2.24, 2.45) is 7.05 Å². The van der Waals surface area contributed by atoms with Crippen LogP contribution in [0.25, 0.3) is 11.1 Å². The predicted molar refractivity (Wildman–Crippen MR) is 122 cm³/mol. The molecule has 32 heavy (non-hydrogen) atoms. The SMILES string of the molecule is Cc1c(-c2csc(C3CC(C(=O)Nc4ccc(F)c(Cl)c4)N(C)S(=O)(=O)N3)c2)cnn1C. The van der Waals surface area contributed by atoms with E-state index in [0.717, 1.165) is 32.1 Å². The molecule has 2 atom stereocenters. The third-order valence-corrected chi connectivity index (χ3v) is 8.50. The van der Waals surface area contributed by atoms with Crippen LogP contribution < -0.4 is 10.0 Å². The van der Waals surface area contributed by atoms with Gasteiger partial charge in [-0.2, -0.15) is 22.5 Å². The lowest BCUT2D eigenvalue weighted by molar-refractivity contribution is -0.120. The van der Waals surface area contributed by atoms with Crippen molar-refractivity contribution in [3.8, 4) is 11.1 Å². The second kappa shape index (κ2) is 8.56. The van der Waals surface area contributed by atoms with Crippen LogP contribution in [0.5, 0.6) is 0 Å². The number of nitrogens with one attached hydrogen (secondary N) is 2. The Labute approximate surface area is 194 Å². The zero-order valence-electron chi connectivity index (χ0n) is 17.5. The Balaban J connectivity index is 1.58. The Kier molecular flexibility index (Phi) is 6.12. The lowest BCUT2D eigenvalue weighted by Gasteiger charge is -2.35. The van der Waals surface area contributed by atoms with E-state index in [1.165, 1.54) is 30.5 Å². The van der Waals surface area contributed by atoms with Crippen LogP contribution in [-0.4, -0.2) is 41.5 Å². The summed E-state index contributed by atoms with van der Waals surface area (Å²) in [5.41, 5.74) is 3.19. The molecule has 1 saturated heterocycles. The van der Waals surface area contributed by atoms with Crippen LogP contribution in [0, 0.1) is 12.7 Å². The topological polar surface area (TPSA) is 96.3 Å². The fourth-order valence-corrected chi connectivity index (χ4v) is 6.05. The quantitative estimate of drug-likeness (QED) is 0.577. The van der Waals surface area contributed by atoms with Gasteiger partial charge in [0.25, 0.3) is 10.2 Å². The van der Waals surface area contributed by atoms with Crippen LogP contribution in [0.15, 0.2) is 35.8 Å². The number of carbonyl (C=O) groups excluding carboxylic acids is 1. The first-order valence-electron chi connectivity index (χ1n) is 9.65. The van der Waals surface area contributed by atoms with E-state index in [0.29, 0.717) is 0 Å². The average Bonchev–Trinajstić information content (AvgIpc) is 3.34. The summed E-state index contributed by atoms with van der Waals surface area (Å²) in [6.07, 6.45) is 1.99. The molecule has 8 nitrogen and oxygen atoms in total. The molecule has 1 aliphatic heterocycles. The summed E-state index contributed by atoms with van der Waals surface area (Å²) in [5, 5.41) is 8.69. The van der Waals surface area contributed by atoms with E-state index >= 15 is 0 Å². The molecule has 0 aliphatic carbocycles. The molecule has 1 aliphatic rings. The van der Waals surface area contributed by atoms with Crippen molar-refractivity contribution in [2.45, 2.75) is 25.4 Å². The lowest BCUT2D eigenvalue weighted by Crippen LogP contribution is -2.55. The van der Waals surface area contributed by atoms with Gasteiger partial charge in [0.15, 0.2) is 0 Å². The molecule has 3 aromatic rings. The highest BCUT2D eigenvalue weighted by molar-refractivity contribution is 7.87. The number of hydrogen-bond acceptors (Lipinski definition) is 5. The molecule has 0 radical (unpaired) electrons. The van der Waals surface area contributed by atoms with Crippen LogP contribution in [-0.2, 0) is 22.1 Å². The molecule has 0 bridgehead atoms. The molecule has 1 amide bonds. The van der Waals surface area contributed by atoms with Gasteiger partial charge in [-0.3, -0.25) is 9.48 Å². The molecule has 4 rings (SSSR count). The standard InChI is InChI=1S/C20H21ClFN5O3S2/c1-11-14(9-23-26(11)2)12-6-19(31-10-12)17-8-18(27(3)32(29,30)25-17)20(28)24-13-4-5-16(22)15(21)7-13/h4-7,9-10,17-18,25H,8H2,1-3H3,(H,24,28). The number of nitrogens with zero attached hydrogens (tertiary/aromatic N) is 3. The Morgan fingerprint density at radius 1 is 1.34 bits per heavy atom. The highest BCUT2D eigenvalue weighted by atomic mass is 35.5. The molecule has 2 N–H and O–H groups in total. The number of halogens is 2. The Morgan fingerprint density at radius 2 is 2.09 bits per heavy atom. The molecule has 1 fully saturated rings. The summed E-state index contributed by atoms with van der Waals surface area (Å²) in [5.74, 6) is -1.13. The molecule has 2 unspecified atom stereocenters. The van der Waals surface area contributed by atoms with Crippen molar-refractivity contribution in [3.05, 3.63) is 57.3 Å². The second-order valence-electron chi connectivity index (χ2n) is 7.57. The van der Waals surface area contributed by atoms with Gasteiger partial charge in [-0.15, -0.1) is 11.3 Å². The highest BCUT2D eigenvalue weighted by Crippen LogP contribution is 2.36. The zero-order valence-corrected chi connectivity index (χ0v) is 19.9. The van der Waals surface area contributed by atoms with Crippen molar-refractivity contribution < 1.29 is 17.6 Å². The van der Waals surface area contributed by atoms with Gasteiger partial charge in [0.2, 0.25) is 5.91 Å². The number of rotatable bonds is 4. The maximum absolute atomic E-state index is 13.4. The lowest BCUT2D eigenvalue weighted by atomic mass is 10.0. The van der Waals surface area contributed by atoms with E-state index in [-0.39, 0.29) is 17.1 Å². The monoisotopic (exact) mass is 497 g/mol. The van der Waals surface area contributed by atoms with Crippen molar-refractivity contribution in [3.63, 3.8) is 0 Å². The number of benzene rings is 1. The minimum absolute atomic E-state index is 0.135. The van der Waals surface area contributed by atoms with Crippen molar-refractivity contribution >= 4 is 44.7 Å². The van der Waals surface area contributed by atoms with Crippen LogP contribution in [0.1, 0.15) is 23.0 Å². The number of amides is 1. The molecule has 170 valence electrons. The highest BCUT2D eigenvalue weighted by Gasteiger charge is 2.41. The van der Waals surface area contributed by atoms with Crippen LogP contribution in [0.2, 0.25) is 5.02 Å². The summed E-state index contributed by atoms with van der Waals surface area (Å²) >= 11 is 7.20. The number of aryl methyl sites for hydroxylation is 1. The molecule has 2 aromatic heterocycles. The molecule has 3 heterocycles. The average molecular weight is 498 g/mol. The minimum atomic E-state index is -3.89. The molecular formula is C20H21ClFN5O3S2. The Hall–Kier alpha value is -2.31. The van der Waals surface area contributed by atoms with Gasteiger partial charge in [-0.1, -0.05) is 11.6 Å². The van der Waals surface area contributed by atoms with Gasteiger partial charge in [0, 0.05) is 35.9 Å². The smallest absolute Gasteiger partial charge is 0.280 e. The first-order valence-corrected chi connectivity index (χ1v) is 12.3. The zero-order chi connectivity index (χ0) is 23.2. The summed E-state index contributed by atoms with van der Waals surface area (Å²) in [4.78, 5) is 13.7. The van der Waals surface area contributed by atoms with Crippen LogP contribution in [0.4, 0.5) is 10.1 Å². The van der Waals surface area contributed by atoms with Crippen LogP contribution in [0.3, 0.4) is 0 Å². The van der Waals surface area contributed by atoms with Crippen LogP contribution >= 0.6 is 22.9 Å². The van der Waals surface area contributed by atoms with Gasteiger partial charge >= 0.3 is 0 Å². The largest absolute Gasteiger partial charge is 0.325 e. The third-order valence-electron chi connectivity index (χ3n) is 5.57. The summed E-state index contributed by atoms with van der Waals surface area (Å²) in [6, 6.07) is 4.18. The fourth-order valence-electron chi connectivity index (χ4n) is 3.55. The number of thiophene rings is 1. The van der Waals surface area contributed by atoms with Crippen molar-refractivity contribution in [1.82, 2.24) is 18.8 Å². The van der Waals surface area contributed by atoms with E-state index in [2.05, 4.69) is 15.1 Å². The second-order valence-corrected chi connectivity index (χ2v) is 10.7. The molecule has 0 saturated carbocycles. The normalized spacial score (nSPS) is 20.9. The van der Waals surface area contributed by atoms with E-state index in [1.54, 1.807) is 10.9 Å². The predicted octanol–water partition coefficient (Wildman–Crippen LogP) is 3.47. The van der Waals surface area contributed by atoms with Gasteiger partial charge in [0.1, 0.15) is 11.9 Å². The first-order chi connectivity index (χ1) is 15.1. The summed E-state index contributed by atoms with van der Waals surface area (Å²) in [7, 11) is -0.691. The Morgan fingerprint density at radius 3 is 2.75 bits per heavy atom. The van der Waals surface area contributed by atoms with Crippen molar-refractivity contribution in [1.29, 1.82) is 0 Å². The maximum Gasteiger partial charge on any atom is 0.280 e. The minimum Gasteiger partial charge on any atom is -0.325 e. The number of hydrogen-bond donors (Lipinski definition) is 2. The molecule has 1 aromatic carbocycles. The Bertz CT molecular complexity index is 1290. The third kappa shape index (κ3) is 4.30. The van der Waals surface area contributed by atoms with Gasteiger partial charge in [-0.25, -0.2) is 4.39 Å². The van der Waals surface area contributed by atoms with Gasteiger partial charge in [-0.05, 0) is 48.6 Å². The summed E-state index contributed by atoms with van der Waals surface area (Å²) < 4.78 is 44.3. The molecule has 12 heteroatoms. The van der Waals surface area contributed by atoms with E-state index in [1.807, 2.05) is 25.4 Å². The number of likely N-dealkylation sites (N-methyl/N-ethyl adjacent to an activating group) is 1.